The second-order valence-electron chi connectivity index (χ2n) is 6.73. The third-order valence-corrected chi connectivity index (χ3v) is 4.69. The normalized spacial score (nSPS) is 10.8. The fraction of sp³-hybridized carbons (Fsp3) is 0.167. The molecule has 7 nitrogen and oxygen atoms in total. The fourth-order valence-corrected chi connectivity index (χ4v) is 3.28. The summed E-state index contributed by atoms with van der Waals surface area (Å²) in [4.78, 5) is 24.3. The van der Waals surface area contributed by atoms with E-state index in [1.54, 1.807) is 31.2 Å². The maximum Gasteiger partial charge on any atom is 0.338 e. The largest absolute Gasteiger partial charge is 0.495 e. The Hall–Kier alpha value is -4.00. The zero-order valence-electron chi connectivity index (χ0n) is 17.1. The highest BCUT2D eigenvalue weighted by molar-refractivity contribution is 6.07. The van der Waals surface area contributed by atoms with Gasteiger partial charge in [0.2, 0.25) is 0 Å². The highest BCUT2D eigenvalue weighted by Crippen LogP contribution is 2.36. The van der Waals surface area contributed by atoms with E-state index in [4.69, 9.17) is 18.6 Å². The number of ether oxygens (including phenoxy) is 3. The van der Waals surface area contributed by atoms with E-state index in [1.165, 1.54) is 13.2 Å². The molecule has 1 N–H and O–H groups in total. The molecule has 3 aromatic carbocycles. The lowest BCUT2D eigenvalue weighted by atomic mass is 10.1. The lowest BCUT2D eigenvalue weighted by molar-refractivity contribution is -0.118. The molecule has 0 atom stereocenters. The fourth-order valence-electron chi connectivity index (χ4n) is 3.28. The Morgan fingerprint density at radius 1 is 0.968 bits per heavy atom. The summed E-state index contributed by atoms with van der Waals surface area (Å²) in [5.41, 5.74) is 2.23. The average molecular weight is 419 g/mol. The maximum atomic E-state index is 12.5. The SMILES string of the molecule is CCOC(=O)c1cccc(OCC(=O)Nc2cc3oc4ccccc4c3cc2OC)c1. The molecular formula is C24H21NO6. The van der Waals surface area contributed by atoms with E-state index in [0.29, 0.717) is 28.3 Å². The van der Waals surface area contributed by atoms with Crippen molar-refractivity contribution < 1.29 is 28.2 Å². The monoisotopic (exact) mass is 419 g/mol. The smallest absolute Gasteiger partial charge is 0.338 e. The second kappa shape index (κ2) is 8.79. The predicted octanol–water partition coefficient (Wildman–Crippen LogP) is 4.79. The van der Waals surface area contributed by atoms with Gasteiger partial charge in [0.25, 0.3) is 5.91 Å². The van der Waals surface area contributed by atoms with Crippen LogP contribution in [0.4, 0.5) is 5.69 Å². The Morgan fingerprint density at radius 2 is 1.81 bits per heavy atom. The molecule has 158 valence electrons. The molecule has 1 aromatic heterocycles. The minimum Gasteiger partial charge on any atom is -0.495 e. The van der Waals surface area contributed by atoms with Crippen LogP contribution in [0, 0.1) is 0 Å². The molecule has 0 aliphatic carbocycles. The van der Waals surface area contributed by atoms with Crippen molar-refractivity contribution in [1.29, 1.82) is 0 Å². The summed E-state index contributed by atoms with van der Waals surface area (Å²) in [6, 6.07) is 17.7. The number of anilines is 1. The number of amides is 1. The summed E-state index contributed by atoms with van der Waals surface area (Å²) >= 11 is 0. The first-order chi connectivity index (χ1) is 15.1. The number of rotatable bonds is 7. The lowest BCUT2D eigenvalue weighted by Crippen LogP contribution is -2.20. The molecule has 4 aromatic rings. The van der Waals surface area contributed by atoms with E-state index in [2.05, 4.69) is 5.32 Å². The van der Waals surface area contributed by atoms with E-state index in [0.717, 1.165) is 16.4 Å². The van der Waals surface area contributed by atoms with Crippen molar-refractivity contribution in [2.75, 3.05) is 25.6 Å². The molecule has 31 heavy (non-hydrogen) atoms. The number of fused-ring (bicyclic) bond motifs is 3. The van der Waals surface area contributed by atoms with E-state index >= 15 is 0 Å². The van der Waals surface area contributed by atoms with E-state index in [1.807, 2.05) is 30.3 Å². The van der Waals surface area contributed by atoms with Crippen LogP contribution in [-0.2, 0) is 9.53 Å². The molecule has 0 fully saturated rings. The summed E-state index contributed by atoms with van der Waals surface area (Å²) in [6.45, 7) is 1.77. The molecule has 7 heteroatoms. The quantitative estimate of drug-likeness (QED) is 0.434. The molecule has 0 bridgehead atoms. The Labute approximate surface area is 178 Å². The summed E-state index contributed by atoms with van der Waals surface area (Å²) in [5.74, 6) is 0.0775. The standard InChI is InChI=1S/C24H21NO6/c1-3-29-24(27)15-7-6-8-16(11-15)30-14-23(26)25-19-13-21-18(12-22(19)28-2)17-9-4-5-10-20(17)31-21/h4-13H,3,14H2,1-2H3,(H,25,26). The molecule has 0 saturated carbocycles. The van der Waals surface area contributed by atoms with Crippen molar-refractivity contribution in [3.8, 4) is 11.5 Å². The second-order valence-corrected chi connectivity index (χ2v) is 6.73. The van der Waals surface area contributed by atoms with E-state index < -0.39 is 5.97 Å². The molecule has 4 rings (SSSR count). The molecule has 0 aliphatic rings. The van der Waals surface area contributed by atoms with Gasteiger partial charge in [0.1, 0.15) is 22.7 Å². The third-order valence-electron chi connectivity index (χ3n) is 4.69. The van der Waals surface area contributed by atoms with Crippen LogP contribution in [0.2, 0.25) is 0 Å². The third kappa shape index (κ3) is 4.30. The van der Waals surface area contributed by atoms with Gasteiger partial charge in [-0.25, -0.2) is 4.79 Å². The number of para-hydroxylation sites is 1. The van der Waals surface area contributed by atoms with E-state index in [9.17, 15) is 9.59 Å². The maximum absolute atomic E-state index is 12.5. The van der Waals surface area contributed by atoms with E-state index in [-0.39, 0.29) is 19.1 Å². The van der Waals surface area contributed by atoms with Gasteiger partial charge in [0.15, 0.2) is 6.61 Å². The molecule has 1 amide bonds. The number of furan rings is 1. The minimum atomic E-state index is -0.443. The number of carbonyl (C=O) groups excluding carboxylic acids is 2. The molecular weight excluding hydrogens is 398 g/mol. The van der Waals surface area contributed by atoms with Gasteiger partial charge in [-0.3, -0.25) is 4.79 Å². The molecule has 0 saturated heterocycles. The number of nitrogens with one attached hydrogen (secondary N) is 1. The van der Waals surface area contributed by atoms with Gasteiger partial charge in [0, 0.05) is 16.8 Å². The first-order valence-corrected chi connectivity index (χ1v) is 9.78. The topological polar surface area (TPSA) is 87.0 Å². The summed E-state index contributed by atoms with van der Waals surface area (Å²) in [5, 5.41) is 4.66. The lowest BCUT2D eigenvalue weighted by Gasteiger charge is -2.11. The van der Waals surface area contributed by atoms with Crippen LogP contribution >= 0.6 is 0 Å². The molecule has 0 unspecified atom stereocenters. The first kappa shape index (κ1) is 20.3. The Bertz CT molecular complexity index is 1260. The van der Waals surface area contributed by atoms with Gasteiger partial charge in [-0.1, -0.05) is 24.3 Å². The Balaban J connectivity index is 1.49. The van der Waals surface area contributed by atoms with Crippen molar-refractivity contribution in [3.63, 3.8) is 0 Å². The summed E-state index contributed by atoms with van der Waals surface area (Å²) in [7, 11) is 1.54. The summed E-state index contributed by atoms with van der Waals surface area (Å²) in [6.07, 6.45) is 0. The van der Waals surface area contributed by atoms with Crippen molar-refractivity contribution >= 4 is 39.5 Å². The van der Waals surface area contributed by atoms with Crippen LogP contribution in [0.1, 0.15) is 17.3 Å². The Kier molecular flexibility index (Phi) is 5.75. The molecule has 0 aliphatic heterocycles. The van der Waals surface area contributed by atoms with Crippen LogP contribution in [0.25, 0.3) is 21.9 Å². The highest BCUT2D eigenvalue weighted by atomic mass is 16.5. The average Bonchev–Trinajstić information content (AvgIpc) is 3.15. The van der Waals surface area contributed by atoms with Crippen molar-refractivity contribution in [1.82, 2.24) is 0 Å². The molecule has 0 radical (unpaired) electrons. The van der Waals surface area contributed by atoms with Gasteiger partial charge in [-0.05, 0) is 37.3 Å². The number of esters is 1. The zero-order valence-corrected chi connectivity index (χ0v) is 17.1. The van der Waals surface area contributed by atoms with Crippen LogP contribution in [-0.4, -0.2) is 32.2 Å². The van der Waals surface area contributed by atoms with Crippen LogP contribution in [0.5, 0.6) is 11.5 Å². The van der Waals surface area contributed by atoms with Crippen LogP contribution in [0.3, 0.4) is 0 Å². The number of carbonyl (C=O) groups is 2. The van der Waals surface area contributed by atoms with Gasteiger partial charge in [-0.15, -0.1) is 0 Å². The van der Waals surface area contributed by atoms with Crippen LogP contribution < -0.4 is 14.8 Å². The van der Waals surface area contributed by atoms with Gasteiger partial charge in [0.05, 0.1) is 25.0 Å². The highest BCUT2D eigenvalue weighted by Gasteiger charge is 2.15. The molecule has 1 heterocycles. The predicted molar refractivity (Wildman–Crippen MR) is 117 cm³/mol. The number of hydrogen-bond donors (Lipinski definition) is 1. The van der Waals surface area contributed by atoms with Gasteiger partial charge >= 0.3 is 5.97 Å². The van der Waals surface area contributed by atoms with Crippen LogP contribution in [0.15, 0.2) is 65.1 Å². The van der Waals surface area contributed by atoms with Gasteiger partial charge in [-0.2, -0.15) is 0 Å². The first-order valence-electron chi connectivity index (χ1n) is 9.78. The van der Waals surface area contributed by atoms with Gasteiger partial charge < -0.3 is 23.9 Å². The summed E-state index contributed by atoms with van der Waals surface area (Å²) < 4.78 is 21.8. The zero-order chi connectivity index (χ0) is 21.8. The number of methoxy groups -OCH3 is 1. The van der Waals surface area contributed by atoms with Crippen molar-refractivity contribution in [3.05, 3.63) is 66.2 Å². The number of hydrogen-bond acceptors (Lipinski definition) is 6. The van der Waals surface area contributed by atoms with Crippen molar-refractivity contribution in [2.24, 2.45) is 0 Å². The molecule has 0 spiro atoms. The Morgan fingerprint density at radius 3 is 2.61 bits per heavy atom. The minimum absolute atomic E-state index is 0.242. The van der Waals surface area contributed by atoms with Crippen molar-refractivity contribution in [2.45, 2.75) is 6.92 Å². The number of benzene rings is 3.